The van der Waals surface area contributed by atoms with Gasteiger partial charge in [-0.25, -0.2) is 0 Å². The minimum atomic E-state index is -1.48. The molecule has 0 amide bonds. The summed E-state index contributed by atoms with van der Waals surface area (Å²) < 4.78 is 40.0. The van der Waals surface area contributed by atoms with Crippen LogP contribution in [0.15, 0.2) is 36.4 Å². The summed E-state index contributed by atoms with van der Waals surface area (Å²) in [5.41, 5.74) is 1.63. The third-order valence-electron chi connectivity index (χ3n) is 9.04. The van der Waals surface area contributed by atoms with Gasteiger partial charge in [-0.05, 0) is 61.6 Å². The summed E-state index contributed by atoms with van der Waals surface area (Å²) in [4.78, 5) is 0. The van der Waals surface area contributed by atoms with E-state index in [1.807, 2.05) is 6.07 Å². The van der Waals surface area contributed by atoms with E-state index in [9.17, 15) is 35.7 Å². The van der Waals surface area contributed by atoms with Crippen LogP contribution in [0.5, 0.6) is 23.0 Å². The Kier molecular flexibility index (Phi) is 10.9. The quantitative estimate of drug-likeness (QED) is 0.175. The Morgan fingerprint density at radius 2 is 1.20 bits per heavy atom. The predicted molar refractivity (Wildman–Crippen MR) is 158 cm³/mol. The molecule has 0 bridgehead atoms. The van der Waals surface area contributed by atoms with Crippen LogP contribution >= 0.6 is 0 Å². The highest BCUT2D eigenvalue weighted by molar-refractivity contribution is 5.45. The second-order valence-corrected chi connectivity index (χ2v) is 12.1. The van der Waals surface area contributed by atoms with Crippen LogP contribution < -0.4 is 18.9 Å². The van der Waals surface area contributed by atoms with E-state index in [1.165, 1.54) is 14.2 Å². The smallest absolute Gasteiger partial charge is 0.229 e. The van der Waals surface area contributed by atoms with Gasteiger partial charge in [0.15, 0.2) is 23.0 Å². The van der Waals surface area contributed by atoms with Crippen molar-refractivity contribution in [1.29, 1.82) is 0 Å². The van der Waals surface area contributed by atoms with Gasteiger partial charge < -0.3 is 68.9 Å². The normalized spacial score (nSPS) is 37.9. The van der Waals surface area contributed by atoms with Crippen LogP contribution in [0, 0.1) is 11.8 Å². The van der Waals surface area contributed by atoms with Gasteiger partial charge in [-0.1, -0.05) is 12.1 Å². The van der Waals surface area contributed by atoms with Crippen LogP contribution in [0.3, 0.4) is 0 Å². The molecule has 0 saturated carbocycles. The molecule has 3 aliphatic heterocycles. The molecule has 3 heterocycles. The van der Waals surface area contributed by atoms with Gasteiger partial charge in [-0.3, -0.25) is 0 Å². The van der Waals surface area contributed by atoms with Crippen LogP contribution in [-0.2, 0) is 20.6 Å². The van der Waals surface area contributed by atoms with Crippen LogP contribution in [0.1, 0.15) is 31.1 Å². The first-order chi connectivity index (χ1) is 22.0. The highest BCUT2D eigenvalue weighted by Crippen LogP contribution is 2.43. The van der Waals surface area contributed by atoms with Gasteiger partial charge in [-0.2, -0.15) is 0 Å². The zero-order chi connectivity index (χ0) is 33.3. The van der Waals surface area contributed by atoms with Gasteiger partial charge in [0.2, 0.25) is 12.6 Å². The molecule has 7 N–H and O–H groups in total. The molecule has 0 spiro atoms. The summed E-state index contributed by atoms with van der Waals surface area (Å²) in [6, 6.07) is 10.4. The van der Waals surface area contributed by atoms with E-state index in [0.29, 0.717) is 24.5 Å². The number of ether oxygens (including phenoxy) is 7. The van der Waals surface area contributed by atoms with E-state index in [4.69, 9.17) is 33.2 Å². The van der Waals surface area contributed by atoms with E-state index in [-0.39, 0.29) is 29.9 Å². The molecule has 2 aromatic carbocycles. The fraction of sp³-hybridized carbons (Fsp3) is 0.625. The lowest BCUT2D eigenvalue weighted by molar-refractivity contribution is -0.268. The molecule has 3 aliphatic rings. The summed E-state index contributed by atoms with van der Waals surface area (Å²) in [5.74, 6) is 0.914. The molecule has 0 aromatic heterocycles. The average Bonchev–Trinajstić information content (AvgIpc) is 3.46. The monoisotopic (exact) mass is 652 g/mol. The SMILES string of the molecule is COc1cc(CC2COC(c3ccc(OC4OC(C)C(O)C(O)C4O)c(OC)c3)C2CO)ccc1OC1OC(C)C(O)C(O)C1O. The molecule has 5 rings (SSSR count). The number of benzene rings is 2. The maximum atomic E-state index is 10.4. The second kappa shape index (κ2) is 14.6. The third-order valence-corrected chi connectivity index (χ3v) is 9.04. The van der Waals surface area contributed by atoms with E-state index >= 15 is 0 Å². The minimum Gasteiger partial charge on any atom is -0.493 e. The molecular weight excluding hydrogens is 608 g/mol. The molecule has 0 radical (unpaired) electrons. The molecule has 13 unspecified atom stereocenters. The second-order valence-electron chi connectivity index (χ2n) is 12.1. The summed E-state index contributed by atoms with van der Waals surface area (Å²) in [5, 5.41) is 71.3. The summed E-state index contributed by atoms with van der Waals surface area (Å²) in [6.45, 7) is 3.36. The molecule has 3 saturated heterocycles. The minimum absolute atomic E-state index is 0.0606. The molecule has 14 heteroatoms. The van der Waals surface area contributed by atoms with Gasteiger partial charge in [0.25, 0.3) is 0 Å². The van der Waals surface area contributed by atoms with E-state index < -0.39 is 67.5 Å². The molecule has 256 valence electrons. The van der Waals surface area contributed by atoms with Crippen LogP contribution in [0.2, 0.25) is 0 Å². The van der Waals surface area contributed by atoms with Crippen molar-refractivity contribution in [1.82, 2.24) is 0 Å². The highest BCUT2D eigenvalue weighted by Gasteiger charge is 2.45. The number of aliphatic hydroxyl groups is 7. The van der Waals surface area contributed by atoms with Gasteiger partial charge in [0, 0.05) is 12.5 Å². The van der Waals surface area contributed by atoms with Crippen molar-refractivity contribution in [2.24, 2.45) is 11.8 Å². The van der Waals surface area contributed by atoms with Crippen molar-refractivity contribution in [3.63, 3.8) is 0 Å². The summed E-state index contributed by atoms with van der Waals surface area (Å²) in [6.07, 6.45) is -12.2. The van der Waals surface area contributed by atoms with Crippen LogP contribution in [0.25, 0.3) is 0 Å². The Balaban J connectivity index is 1.26. The standard InChI is InChI=1S/C32H44O14/c1-14-24(34)26(36)28(38)31(43-14)45-20-7-5-16(10-22(20)40-3)9-18-13-42-30(19(18)12-33)17-6-8-21(23(11-17)41-4)46-32-29(39)27(37)25(35)15(2)44-32/h5-8,10-11,14-15,18-19,24-39H,9,12-13H2,1-4H3. The van der Waals surface area contributed by atoms with Gasteiger partial charge >= 0.3 is 0 Å². The topological polar surface area (TPSA) is 206 Å². The maximum Gasteiger partial charge on any atom is 0.229 e. The van der Waals surface area contributed by atoms with Crippen molar-refractivity contribution in [3.8, 4) is 23.0 Å². The molecular formula is C32H44O14. The number of methoxy groups -OCH3 is 2. The number of rotatable bonds is 10. The number of hydrogen-bond acceptors (Lipinski definition) is 14. The summed E-state index contributed by atoms with van der Waals surface area (Å²) in [7, 11) is 2.94. The average molecular weight is 653 g/mol. The largest absolute Gasteiger partial charge is 0.493 e. The fourth-order valence-electron chi connectivity index (χ4n) is 6.19. The lowest BCUT2D eigenvalue weighted by atomic mass is 9.84. The first-order valence-corrected chi connectivity index (χ1v) is 15.3. The molecule has 2 aromatic rings. The lowest BCUT2D eigenvalue weighted by Gasteiger charge is -2.39. The summed E-state index contributed by atoms with van der Waals surface area (Å²) >= 11 is 0. The van der Waals surface area contributed by atoms with Gasteiger partial charge in [0.1, 0.15) is 36.6 Å². The highest BCUT2D eigenvalue weighted by atomic mass is 16.7. The van der Waals surface area contributed by atoms with E-state index in [0.717, 1.165) is 11.1 Å². The Hall–Kier alpha value is -2.76. The third kappa shape index (κ3) is 6.92. The predicted octanol–water partition coefficient (Wildman–Crippen LogP) is -0.345. The van der Waals surface area contributed by atoms with Gasteiger partial charge in [-0.15, -0.1) is 0 Å². The van der Waals surface area contributed by atoms with Crippen molar-refractivity contribution in [2.45, 2.75) is 87.8 Å². The molecule has 0 aliphatic carbocycles. The van der Waals surface area contributed by atoms with Crippen molar-refractivity contribution < 1.29 is 68.9 Å². The lowest BCUT2D eigenvalue weighted by Crippen LogP contribution is -2.58. The molecule has 14 nitrogen and oxygen atoms in total. The Labute approximate surface area is 266 Å². The van der Waals surface area contributed by atoms with E-state index in [1.54, 1.807) is 44.2 Å². The Bertz CT molecular complexity index is 1310. The van der Waals surface area contributed by atoms with Crippen molar-refractivity contribution in [2.75, 3.05) is 27.4 Å². The zero-order valence-electron chi connectivity index (χ0n) is 26.1. The van der Waals surface area contributed by atoms with Gasteiger partial charge in [0.05, 0.1) is 39.1 Å². The van der Waals surface area contributed by atoms with Crippen LogP contribution in [0.4, 0.5) is 0 Å². The molecule has 3 fully saturated rings. The van der Waals surface area contributed by atoms with Crippen molar-refractivity contribution in [3.05, 3.63) is 47.5 Å². The number of hydrogen-bond donors (Lipinski definition) is 7. The zero-order valence-corrected chi connectivity index (χ0v) is 26.1. The maximum absolute atomic E-state index is 10.4. The Morgan fingerprint density at radius 3 is 1.72 bits per heavy atom. The Morgan fingerprint density at radius 1 is 0.674 bits per heavy atom. The van der Waals surface area contributed by atoms with Crippen molar-refractivity contribution >= 4 is 0 Å². The molecule has 46 heavy (non-hydrogen) atoms. The van der Waals surface area contributed by atoms with Crippen LogP contribution in [-0.4, -0.2) is 125 Å². The molecule has 13 atom stereocenters. The number of aliphatic hydroxyl groups excluding tert-OH is 7. The van der Waals surface area contributed by atoms with E-state index in [2.05, 4.69) is 0 Å². The fourth-order valence-corrected chi connectivity index (χ4v) is 6.19. The first kappa shape index (κ1) is 34.6. The first-order valence-electron chi connectivity index (χ1n) is 15.3.